The fraction of sp³-hybridized carbons (Fsp3) is 0.600. The highest BCUT2D eigenvalue weighted by Crippen LogP contribution is 2.39. The van der Waals surface area contributed by atoms with Gasteiger partial charge in [0.05, 0.1) is 10.4 Å². The van der Waals surface area contributed by atoms with E-state index in [4.69, 9.17) is 23.2 Å². The van der Waals surface area contributed by atoms with E-state index in [1.165, 1.54) is 0 Å². The molecular formula is C10H14Cl2S. The van der Waals surface area contributed by atoms with Crippen LogP contribution in [0.25, 0.3) is 0 Å². The third kappa shape index (κ3) is 2.61. The second-order valence-corrected chi connectivity index (χ2v) is 5.46. The number of thiophene rings is 1. The van der Waals surface area contributed by atoms with Crippen molar-refractivity contribution in [1.29, 1.82) is 0 Å². The van der Waals surface area contributed by atoms with Crippen LogP contribution < -0.4 is 0 Å². The van der Waals surface area contributed by atoms with Crippen LogP contribution in [0, 0.1) is 11.8 Å². The summed E-state index contributed by atoms with van der Waals surface area (Å²) in [6, 6.07) is 1.91. The molecule has 0 amide bonds. The normalized spacial score (nSPS) is 16.2. The Morgan fingerprint density at radius 1 is 1.31 bits per heavy atom. The van der Waals surface area contributed by atoms with Gasteiger partial charge in [0.15, 0.2) is 0 Å². The van der Waals surface area contributed by atoms with Gasteiger partial charge in [0.25, 0.3) is 0 Å². The first-order valence-corrected chi connectivity index (χ1v) is 6.10. The van der Waals surface area contributed by atoms with Gasteiger partial charge >= 0.3 is 0 Å². The molecule has 0 saturated carbocycles. The van der Waals surface area contributed by atoms with E-state index in [1.807, 2.05) is 11.4 Å². The van der Waals surface area contributed by atoms with Crippen LogP contribution in [0.5, 0.6) is 0 Å². The van der Waals surface area contributed by atoms with Gasteiger partial charge in [0.2, 0.25) is 0 Å². The third-order valence-corrected chi connectivity index (χ3v) is 4.60. The molecule has 2 atom stereocenters. The highest BCUT2D eigenvalue weighted by Gasteiger charge is 2.22. The molecule has 0 nitrogen and oxygen atoms in total. The summed E-state index contributed by atoms with van der Waals surface area (Å²) in [6.45, 7) is 6.53. The zero-order valence-electron chi connectivity index (χ0n) is 8.05. The lowest BCUT2D eigenvalue weighted by molar-refractivity contribution is 0.409. The Kier molecular flexibility index (Phi) is 4.08. The molecule has 0 radical (unpaired) electrons. The highest BCUT2D eigenvalue weighted by atomic mass is 35.5. The summed E-state index contributed by atoms with van der Waals surface area (Å²) in [5.41, 5.74) is 0. The Labute approximate surface area is 93.9 Å². The van der Waals surface area contributed by atoms with Crippen LogP contribution in [-0.4, -0.2) is 0 Å². The van der Waals surface area contributed by atoms with E-state index in [9.17, 15) is 0 Å². The fourth-order valence-electron chi connectivity index (χ4n) is 1.08. The first-order chi connectivity index (χ1) is 6.04. The van der Waals surface area contributed by atoms with Crippen molar-refractivity contribution in [3.8, 4) is 0 Å². The molecule has 0 aromatic carbocycles. The molecule has 0 aliphatic heterocycles. The summed E-state index contributed by atoms with van der Waals surface area (Å²) in [7, 11) is 0. The molecular weight excluding hydrogens is 223 g/mol. The van der Waals surface area contributed by atoms with Crippen molar-refractivity contribution >= 4 is 34.5 Å². The minimum Gasteiger partial charge on any atom is -0.146 e. The van der Waals surface area contributed by atoms with E-state index < -0.39 is 0 Å². The SMILES string of the molecule is CC(C)C(C)C(Cl)c1sccc1Cl. The van der Waals surface area contributed by atoms with Gasteiger partial charge in [-0.1, -0.05) is 32.4 Å². The number of alkyl halides is 1. The second-order valence-electron chi connectivity index (χ2n) is 3.64. The maximum atomic E-state index is 6.32. The maximum absolute atomic E-state index is 6.32. The summed E-state index contributed by atoms with van der Waals surface area (Å²) in [5, 5.41) is 2.84. The fourth-order valence-corrected chi connectivity index (χ4v) is 2.96. The smallest absolute Gasteiger partial charge is 0.0721 e. The Bertz CT molecular complexity index is 268. The molecule has 1 heterocycles. The first-order valence-electron chi connectivity index (χ1n) is 4.41. The van der Waals surface area contributed by atoms with Gasteiger partial charge in [-0.3, -0.25) is 0 Å². The van der Waals surface area contributed by atoms with Gasteiger partial charge in [0, 0.05) is 4.88 Å². The molecule has 0 fully saturated rings. The van der Waals surface area contributed by atoms with Gasteiger partial charge in [0.1, 0.15) is 0 Å². The first kappa shape index (κ1) is 11.4. The lowest BCUT2D eigenvalue weighted by Gasteiger charge is -2.20. The summed E-state index contributed by atoms with van der Waals surface area (Å²) in [4.78, 5) is 1.10. The van der Waals surface area contributed by atoms with Crippen LogP contribution in [0.15, 0.2) is 11.4 Å². The second kappa shape index (κ2) is 4.68. The molecule has 0 bridgehead atoms. The lowest BCUT2D eigenvalue weighted by atomic mass is 9.93. The van der Waals surface area contributed by atoms with Crippen LogP contribution in [0.3, 0.4) is 0 Å². The summed E-state index contributed by atoms with van der Waals surface area (Å²) in [5.74, 6) is 1.04. The van der Waals surface area contributed by atoms with Gasteiger partial charge < -0.3 is 0 Å². The maximum Gasteiger partial charge on any atom is 0.0721 e. The molecule has 1 aromatic rings. The molecule has 74 valence electrons. The molecule has 1 rings (SSSR count). The van der Waals surface area contributed by atoms with Crippen molar-refractivity contribution in [3.05, 3.63) is 21.3 Å². The van der Waals surface area contributed by atoms with Crippen molar-refractivity contribution in [1.82, 2.24) is 0 Å². The van der Waals surface area contributed by atoms with E-state index in [1.54, 1.807) is 11.3 Å². The third-order valence-electron chi connectivity index (χ3n) is 2.41. The molecule has 2 unspecified atom stereocenters. The Balaban J connectivity index is 2.79. The highest BCUT2D eigenvalue weighted by molar-refractivity contribution is 7.11. The zero-order chi connectivity index (χ0) is 10.0. The van der Waals surface area contributed by atoms with Gasteiger partial charge in [-0.15, -0.1) is 22.9 Å². The van der Waals surface area contributed by atoms with E-state index in [0.29, 0.717) is 11.8 Å². The van der Waals surface area contributed by atoms with Crippen molar-refractivity contribution in [2.24, 2.45) is 11.8 Å². The molecule has 0 spiro atoms. The number of hydrogen-bond donors (Lipinski definition) is 0. The lowest BCUT2D eigenvalue weighted by Crippen LogP contribution is -2.09. The van der Waals surface area contributed by atoms with Crippen LogP contribution in [-0.2, 0) is 0 Å². The van der Waals surface area contributed by atoms with Crippen molar-refractivity contribution < 1.29 is 0 Å². The predicted molar refractivity (Wildman–Crippen MR) is 61.9 cm³/mol. The van der Waals surface area contributed by atoms with Gasteiger partial charge in [-0.25, -0.2) is 0 Å². The van der Waals surface area contributed by atoms with E-state index in [0.717, 1.165) is 9.90 Å². The Hall–Kier alpha value is 0.280. The minimum atomic E-state index is 0.0486. The van der Waals surface area contributed by atoms with Crippen LogP contribution in [0.4, 0.5) is 0 Å². The van der Waals surface area contributed by atoms with E-state index in [2.05, 4.69) is 20.8 Å². The summed E-state index contributed by atoms with van der Waals surface area (Å²) < 4.78 is 0. The van der Waals surface area contributed by atoms with E-state index in [-0.39, 0.29) is 5.38 Å². The zero-order valence-corrected chi connectivity index (χ0v) is 10.4. The summed E-state index contributed by atoms with van der Waals surface area (Å²) >= 11 is 14.0. The van der Waals surface area contributed by atoms with Gasteiger partial charge in [-0.2, -0.15) is 0 Å². The molecule has 0 saturated heterocycles. The molecule has 0 N–H and O–H groups in total. The van der Waals surface area contributed by atoms with Gasteiger partial charge in [-0.05, 0) is 23.3 Å². The monoisotopic (exact) mass is 236 g/mol. The quantitative estimate of drug-likeness (QED) is 0.651. The molecule has 0 aliphatic rings. The number of rotatable bonds is 3. The van der Waals surface area contributed by atoms with Crippen LogP contribution >= 0.6 is 34.5 Å². The van der Waals surface area contributed by atoms with Crippen LogP contribution in [0.2, 0.25) is 5.02 Å². The Morgan fingerprint density at radius 3 is 2.31 bits per heavy atom. The molecule has 3 heteroatoms. The van der Waals surface area contributed by atoms with E-state index >= 15 is 0 Å². The average Bonchev–Trinajstić information content (AvgIpc) is 2.48. The van der Waals surface area contributed by atoms with Crippen molar-refractivity contribution in [3.63, 3.8) is 0 Å². The predicted octanol–water partition coefficient (Wildman–Crippen LogP) is 4.97. The molecule has 0 aliphatic carbocycles. The van der Waals surface area contributed by atoms with Crippen LogP contribution in [0.1, 0.15) is 31.0 Å². The summed E-state index contributed by atoms with van der Waals surface area (Å²) in [6.07, 6.45) is 0. The topological polar surface area (TPSA) is 0 Å². The number of halogens is 2. The molecule has 13 heavy (non-hydrogen) atoms. The Morgan fingerprint density at radius 2 is 1.92 bits per heavy atom. The minimum absolute atomic E-state index is 0.0486. The average molecular weight is 237 g/mol. The standard InChI is InChI=1S/C10H14Cl2S/c1-6(2)7(3)9(12)10-8(11)4-5-13-10/h4-7,9H,1-3H3. The largest absolute Gasteiger partial charge is 0.146 e. The van der Waals surface area contributed by atoms with Crippen molar-refractivity contribution in [2.75, 3.05) is 0 Å². The molecule has 1 aromatic heterocycles. The van der Waals surface area contributed by atoms with Crippen molar-refractivity contribution in [2.45, 2.75) is 26.1 Å². The number of hydrogen-bond acceptors (Lipinski definition) is 1.